The summed E-state index contributed by atoms with van der Waals surface area (Å²) in [4.78, 5) is 24.9. The van der Waals surface area contributed by atoms with Gasteiger partial charge >= 0.3 is 5.97 Å². The Morgan fingerprint density at radius 2 is 1.82 bits per heavy atom. The van der Waals surface area contributed by atoms with Crippen LogP contribution in [0.4, 0.5) is 0 Å². The molecule has 0 saturated carbocycles. The lowest BCUT2D eigenvalue weighted by atomic mass is 10.0. The molecule has 0 fully saturated rings. The average Bonchev–Trinajstić information content (AvgIpc) is 3.09. The van der Waals surface area contributed by atoms with Gasteiger partial charge in [0.2, 0.25) is 5.78 Å². The van der Waals surface area contributed by atoms with Crippen LogP contribution in [-0.4, -0.2) is 22.9 Å². The summed E-state index contributed by atoms with van der Waals surface area (Å²) in [6, 6.07) is 16.9. The molecule has 0 saturated heterocycles. The molecule has 0 atom stereocenters. The van der Waals surface area contributed by atoms with Crippen LogP contribution in [0.25, 0.3) is 10.9 Å². The van der Waals surface area contributed by atoms with E-state index >= 15 is 0 Å². The minimum absolute atomic E-state index is 0.265. The quantitative estimate of drug-likeness (QED) is 0.443. The lowest BCUT2D eigenvalue weighted by molar-refractivity contribution is 0.0475. The van der Waals surface area contributed by atoms with E-state index in [1.165, 1.54) is 0 Å². The first-order valence-corrected chi connectivity index (χ1v) is 9.26. The maximum Gasteiger partial charge on any atom is 0.338 e. The van der Waals surface area contributed by atoms with Gasteiger partial charge in [-0.3, -0.25) is 4.79 Å². The molecule has 0 N–H and O–H groups in total. The van der Waals surface area contributed by atoms with Crippen LogP contribution in [0, 0.1) is 11.3 Å². The molecule has 0 amide bonds. The molecule has 0 aliphatic heterocycles. The highest BCUT2D eigenvalue weighted by atomic mass is 16.5. The number of nitrogens with zero attached hydrogens (tertiary/aromatic N) is 2. The number of carbonyl (C=O) groups is 2. The highest BCUT2D eigenvalue weighted by Crippen LogP contribution is 2.22. The van der Waals surface area contributed by atoms with Crippen molar-refractivity contribution in [2.45, 2.75) is 32.7 Å². The summed E-state index contributed by atoms with van der Waals surface area (Å²) in [5.74, 6) is -0.402. The molecule has 0 unspecified atom stereocenters. The molecule has 1 aromatic heterocycles. The van der Waals surface area contributed by atoms with Crippen molar-refractivity contribution in [2.75, 3.05) is 6.61 Å². The number of esters is 1. The summed E-state index contributed by atoms with van der Waals surface area (Å²) >= 11 is 0. The second kappa shape index (κ2) is 8.53. The second-order valence-corrected chi connectivity index (χ2v) is 6.94. The van der Waals surface area contributed by atoms with E-state index in [0.717, 1.165) is 16.5 Å². The molecule has 0 aliphatic carbocycles. The van der Waals surface area contributed by atoms with Crippen molar-refractivity contribution in [1.82, 2.24) is 4.57 Å². The van der Waals surface area contributed by atoms with Crippen LogP contribution >= 0.6 is 0 Å². The van der Waals surface area contributed by atoms with Crippen molar-refractivity contribution in [3.8, 4) is 6.07 Å². The van der Waals surface area contributed by atoms with Crippen molar-refractivity contribution in [3.05, 3.63) is 71.4 Å². The summed E-state index contributed by atoms with van der Waals surface area (Å²) in [6.45, 7) is 4.35. The summed E-state index contributed by atoms with van der Waals surface area (Å²) < 4.78 is 7.12. The molecule has 3 rings (SSSR count). The number of para-hydroxylation sites is 1. The first-order valence-electron chi connectivity index (χ1n) is 9.26. The van der Waals surface area contributed by atoms with E-state index in [1.54, 1.807) is 18.3 Å². The van der Waals surface area contributed by atoms with E-state index in [1.807, 2.05) is 41.0 Å². The third-order valence-electron chi connectivity index (χ3n) is 4.70. The predicted molar refractivity (Wildman–Crippen MR) is 107 cm³/mol. The van der Waals surface area contributed by atoms with Gasteiger partial charge in [0.05, 0.1) is 18.1 Å². The Kier molecular flexibility index (Phi) is 5.90. The van der Waals surface area contributed by atoms with E-state index in [9.17, 15) is 9.59 Å². The molecular formula is C23H22N2O3. The van der Waals surface area contributed by atoms with Crippen molar-refractivity contribution in [3.63, 3.8) is 0 Å². The maximum atomic E-state index is 12.7. The standard InChI is InChI=1S/C23H22N2O3/c1-16(2)17-8-10-18(11-9-17)23(27)28-15-22(26)20-14-25(13-5-12-24)21-7-4-3-6-19(20)21/h3-4,6-11,14,16H,5,13,15H2,1-2H3. The van der Waals surface area contributed by atoms with Crippen LogP contribution in [0.5, 0.6) is 0 Å². The Morgan fingerprint density at radius 1 is 1.11 bits per heavy atom. The molecule has 0 radical (unpaired) electrons. The van der Waals surface area contributed by atoms with Crippen LogP contribution in [0.1, 0.15) is 52.5 Å². The number of aromatic nitrogens is 1. The number of benzene rings is 2. The molecule has 0 bridgehead atoms. The number of fused-ring (bicyclic) bond motifs is 1. The molecular weight excluding hydrogens is 352 g/mol. The zero-order valence-corrected chi connectivity index (χ0v) is 16.0. The lowest BCUT2D eigenvalue weighted by Crippen LogP contribution is -2.14. The number of nitriles is 1. The van der Waals surface area contributed by atoms with Crippen molar-refractivity contribution in [1.29, 1.82) is 5.26 Å². The largest absolute Gasteiger partial charge is 0.454 e. The number of aryl methyl sites for hydroxylation is 1. The second-order valence-electron chi connectivity index (χ2n) is 6.94. The minimum Gasteiger partial charge on any atom is -0.454 e. The predicted octanol–water partition coefficient (Wildman–Crippen LogP) is 4.72. The zero-order valence-electron chi connectivity index (χ0n) is 16.0. The monoisotopic (exact) mass is 374 g/mol. The van der Waals surface area contributed by atoms with Crippen molar-refractivity contribution < 1.29 is 14.3 Å². The number of carbonyl (C=O) groups excluding carboxylic acids is 2. The topological polar surface area (TPSA) is 72.1 Å². The molecule has 3 aromatic rings. The maximum absolute atomic E-state index is 12.7. The zero-order chi connectivity index (χ0) is 20.1. The third-order valence-corrected chi connectivity index (χ3v) is 4.70. The van der Waals surface area contributed by atoms with E-state index in [2.05, 4.69) is 19.9 Å². The Morgan fingerprint density at radius 3 is 2.50 bits per heavy atom. The SMILES string of the molecule is CC(C)c1ccc(C(=O)OCC(=O)c2cn(CCC#N)c3ccccc23)cc1. The van der Waals surface area contributed by atoms with Crippen LogP contribution < -0.4 is 0 Å². The smallest absolute Gasteiger partial charge is 0.338 e. The fraction of sp³-hybridized carbons (Fsp3) is 0.261. The van der Waals surface area contributed by atoms with Gasteiger partial charge < -0.3 is 9.30 Å². The van der Waals surface area contributed by atoms with Crippen LogP contribution in [0.2, 0.25) is 0 Å². The number of rotatable bonds is 7. The van der Waals surface area contributed by atoms with E-state index in [-0.39, 0.29) is 12.4 Å². The average molecular weight is 374 g/mol. The van der Waals surface area contributed by atoms with E-state index < -0.39 is 5.97 Å². The molecule has 0 spiro atoms. The summed E-state index contributed by atoms with van der Waals surface area (Å²) in [5, 5.41) is 9.62. The molecule has 1 heterocycles. The highest BCUT2D eigenvalue weighted by molar-refractivity contribution is 6.09. The van der Waals surface area contributed by atoms with E-state index in [4.69, 9.17) is 10.00 Å². The highest BCUT2D eigenvalue weighted by Gasteiger charge is 2.17. The number of ether oxygens (including phenoxy) is 1. The first-order chi connectivity index (χ1) is 13.5. The van der Waals surface area contributed by atoms with Gasteiger partial charge in [-0.2, -0.15) is 5.26 Å². The number of Topliss-reactive ketones (excluding diaryl/α,β-unsaturated/α-hetero) is 1. The van der Waals surface area contributed by atoms with Crippen LogP contribution in [0.15, 0.2) is 54.7 Å². The lowest BCUT2D eigenvalue weighted by Gasteiger charge is -2.07. The fourth-order valence-electron chi connectivity index (χ4n) is 3.12. The van der Waals surface area contributed by atoms with Gasteiger partial charge in [0, 0.05) is 29.2 Å². The normalized spacial score (nSPS) is 10.8. The molecule has 5 nitrogen and oxygen atoms in total. The van der Waals surface area contributed by atoms with Gasteiger partial charge in [0.25, 0.3) is 0 Å². The Bertz CT molecular complexity index is 1040. The minimum atomic E-state index is -0.517. The molecule has 28 heavy (non-hydrogen) atoms. The Labute approximate surface area is 164 Å². The Hall–Kier alpha value is -3.39. The van der Waals surface area contributed by atoms with Crippen molar-refractivity contribution >= 4 is 22.7 Å². The van der Waals surface area contributed by atoms with Gasteiger partial charge in [-0.15, -0.1) is 0 Å². The first kappa shape index (κ1) is 19.4. The Balaban J connectivity index is 1.73. The molecule has 2 aromatic carbocycles. The van der Waals surface area contributed by atoms with Gasteiger partial charge in [-0.25, -0.2) is 4.79 Å². The number of hydrogen-bond acceptors (Lipinski definition) is 4. The molecule has 142 valence electrons. The van der Waals surface area contributed by atoms with Crippen molar-refractivity contribution in [2.24, 2.45) is 0 Å². The third kappa shape index (κ3) is 4.12. The number of hydrogen-bond donors (Lipinski definition) is 0. The summed E-state index contributed by atoms with van der Waals surface area (Å²) in [7, 11) is 0. The van der Waals surface area contributed by atoms with E-state index in [0.29, 0.717) is 30.0 Å². The van der Waals surface area contributed by atoms with Crippen LogP contribution in [0.3, 0.4) is 0 Å². The summed E-state index contributed by atoms with van der Waals surface area (Å²) in [5.41, 5.74) is 2.94. The van der Waals surface area contributed by atoms with Gasteiger partial charge in [0.1, 0.15) is 0 Å². The van der Waals surface area contributed by atoms with Gasteiger partial charge in [-0.05, 0) is 29.7 Å². The van der Waals surface area contributed by atoms with Gasteiger partial charge in [0.15, 0.2) is 6.61 Å². The van der Waals surface area contributed by atoms with Crippen LogP contribution in [-0.2, 0) is 11.3 Å². The van der Waals surface area contributed by atoms with Gasteiger partial charge in [-0.1, -0.05) is 44.2 Å². The molecule has 5 heteroatoms. The number of ketones is 1. The molecule has 0 aliphatic rings. The summed E-state index contributed by atoms with van der Waals surface area (Å²) in [6.07, 6.45) is 2.09. The fourth-order valence-corrected chi connectivity index (χ4v) is 3.12.